The minimum Gasteiger partial charge on any atom is -0.356 e. The van der Waals surface area contributed by atoms with E-state index in [4.69, 9.17) is 5.73 Å². The fourth-order valence-corrected chi connectivity index (χ4v) is 1.04. The Hall–Kier alpha value is -0.570. The van der Waals surface area contributed by atoms with Crippen molar-refractivity contribution in [3.8, 4) is 0 Å². The van der Waals surface area contributed by atoms with Crippen LogP contribution in [0.2, 0.25) is 0 Å². The predicted octanol–water partition coefficient (Wildman–Crippen LogP) is 2.30. The Labute approximate surface area is 100 Å². The topological polar surface area (TPSA) is 55.1 Å². The zero-order valence-corrected chi connectivity index (χ0v) is 11.7. The second-order valence-corrected chi connectivity index (χ2v) is 6.47. The third kappa shape index (κ3) is 6.11. The molecular weight excluding hydrogens is 200 g/mol. The summed E-state index contributed by atoms with van der Waals surface area (Å²) in [6, 6.07) is -0.0859. The molecule has 0 aliphatic heterocycles. The van der Waals surface area contributed by atoms with E-state index >= 15 is 0 Å². The lowest BCUT2D eigenvalue weighted by molar-refractivity contribution is -0.122. The number of carbonyl (C=O) groups excluding carboxylic acids is 1. The number of hydrogen-bond acceptors (Lipinski definition) is 2. The van der Waals surface area contributed by atoms with Crippen molar-refractivity contribution >= 4 is 5.91 Å². The lowest BCUT2D eigenvalue weighted by Crippen LogP contribution is -2.42. The molecule has 1 atom stereocenters. The number of nitrogens with two attached hydrogens (primary N) is 1. The number of amides is 1. The van der Waals surface area contributed by atoms with E-state index in [1.807, 2.05) is 0 Å². The molecule has 96 valence electrons. The van der Waals surface area contributed by atoms with E-state index in [0.29, 0.717) is 6.42 Å². The average molecular weight is 228 g/mol. The Bertz CT molecular complexity index is 229. The van der Waals surface area contributed by atoms with Crippen LogP contribution in [0.5, 0.6) is 0 Å². The average Bonchev–Trinajstić information content (AvgIpc) is 2.13. The fraction of sp³-hybridized carbons (Fsp3) is 0.923. The molecule has 3 heteroatoms. The summed E-state index contributed by atoms with van der Waals surface area (Å²) >= 11 is 0. The van der Waals surface area contributed by atoms with Crippen LogP contribution in [-0.4, -0.2) is 18.5 Å². The third-order valence-electron chi connectivity index (χ3n) is 3.24. The van der Waals surface area contributed by atoms with Crippen LogP contribution in [0, 0.1) is 10.8 Å². The van der Waals surface area contributed by atoms with Gasteiger partial charge in [0.1, 0.15) is 0 Å². The molecule has 0 aromatic heterocycles. The van der Waals surface area contributed by atoms with Gasteiger partial charge in [-0.25, -0.2) is 0 Å². The first-order valence-electron chi connectivity index (χ1n) is 6.11. The monoisotopic (exact) mass is 228 g/mol. The minimum atomic E-state index is -0.0859. The van der Waals surface area contributed by atoms with Crippen LogP contribution in [0.25, 0.3) is 0 Å². The molecule has 0 saturated carbocycles. The molecule has 16 heavy (non-hydrogen) atoms. The lowest BCUT2D eigenvalue weighted by atomic mass is 9.85. The molecule has 0 radical (unpaired) electrons. The van der Waals surface area contributed by atoms with Crippen molar-refractivity contribution in [1.82, 2.24) is 5.32 Å². The van der Waals surface area contributed by atoms with Crippen LogP contribution < -0.4 is 11.1 Å². The lowest BCUT2D eigenvalue weighted by Gasteiger charge is -2.28. The Morgan fingerprint density at radius 3 is 2.12 bits per heavy atom. The Morgan fingerprint density at radius 1 is 1.25 bits per heavy atom. The Morgan fingerprint density at radius 2 is 1.75 bits per heavy atom. The van der Waals surface area contributed by atoms with Crippen molar-refractivity contribution in [2.24, 2.45) is 16.6 Å². The van der Waals surface area contributed by atoms with E-state index in [-0.39, 0.29) is 22.8 Å². The van der Waals surface area contributed by atoms with Crippen molar-refractivity contribution < 1.29 is 4.79 Å². The van der Waals surface area contributed by atoms with Crippen molar-refractivity contribution in [1.29, 1.82) is 0 Å². The summed E-state index contributed by atoms with van der Waals surface area (Å²) in [5.41, 5.74) is 6.11. The second kappa shape index (κ2) is 5.67. The first-order valence-corrected chi connectivity index (χ1v) is 6.11. The van der Waals surface area contributed by atoms with Gasteiger partial charge >= 0.3 is 0 Å². The quantitative estimate of drug-likeness (QED) is 0.758. The maximum Gasteiger partial charge on any atom is 0.221 e. The SMILES string of the molecule is CCC(C)(C)CNC(=O)CC(N)C(C)(C)C. The van der Waals surface area contributed by atoms with Crippen LogP contribution >= 0.6 is 0 Å². The molecule has 1 unspecified atom stereocenters. The van der Waals surface area contributed by atoms with E-state index in [0.717, 1.165) is 13.0 Å². The highest BCUT2D eigenvalue weighted by Gasteiger charge is 2.24. The molecule has 0 fully saturated rings. The molecule has 0 saturated heterocycles. The molecule has 0 aliphatic carbocycles. The number of carbonyl (C=O) groups is 1. The molecule has 3 nitrogen and oxygen atoms in total. The highest BCUT2D eigenvalue weighted by atomic mass is 16.1. The van der Waals surface area contributed by atoms with Gasteiger partial charge in [-0.05, 0) is 17.3 Å². The van der Waals surface area contributed by atoms with Crippen LogP contribution in [0.4, 0.5) is 0 Å². The summed E-state index contributed by atoms with van der Waals surface area (Å²) in [7, 11) is 0. The second-order valence-electron chi connectivity index (χ2n) is 6.47. The summed E-state index contributed by atoms with van der Waals surface area (Å²) in [6.45, 7) is 13.3. The zero-order valence-electron chi connectivity index (χ0n) is 11.7. The molecule has 0 aromatic rings. The van der Waals surface area contributed by atoms with E-state index in [1.165, 1.54) is 0 Å². The normalized spacial score (nSPS) is 14.7. The maximum absolute atomic E-state index is 11.7. The third-order valence-corrected chi connectivity index (χ3v) is 3.24. The van der Waals surface area contributed by atoms with Gasteiger partial charge in [0.05, 0.1) is 0 Å². The first-order chi connectivity index (χ1) is 7.08. The highest BCUT2D eigenvalue weighted by Crippen LogP contribution is 2.20. The standard InChI is InChI=1S/C13H28N2O/c1-7-13(5,6)9-15-11(16)8-10(14)12(2,3)4/h10H,7-9,14H2,1-6H3,(H,15,16). The van der Waals surface area contributed by atoms with Gasteiger partial charge < -0.3 is 11.1 Å². The van der Waals surface area contributed by atoms with E-state index in [1.54, 1.807) is 0 Å². The van der Waals surface area contributed by atoms with Crippen LogP contribution in [0.15, 0.2) is 0 Å². The minimum absolute atomic E-state index is 0.0163. The molecule has 0 rings (SSSR count). The molecule has 0 aliphatic rings. The predicted molar refractivity (Wildman–Crippen MR) is 69.1 cm³/mol. The van der Waals surface area contributed by atoms with Crippen molar-refractivity contribution in [3.05, 3.63) is 0 Å². The number of hydrogen-bond donors (Lipinski definition) is 2. The number of rotatable bonds is 5. The van der Waals surface area contributed by atoms with Crippen LogP contribution in [0.1, 0.15) is 54.4 Å². The largest absolute Gasteiger partial charge is 0.356 e. The van der Waals surface area contributed by atoms with Gasteiger partial charge in [0, 0.05) is 19.0 Å². The summed E-state index contributed by atoms with van der Waals surface area (Å²) in [6.07, 6.45) is 1.46. The van der Waals surface area contributed by atoms with E-state index < -0.39 is 0 Å². The van der Waals surface area contributed by atoms with Gasteiger partial charge in [-0.3, -0.25) is 4.79 Å². The number of nitrogens with one attached hydrogen (secondary N) is 1. The Balaban J connectivity index is 4.02. The summed E-state index contributed by atoms with van der Waals surface area (Å²) in [4.78, 5) is 11.7. The van der Waals surface area contributed by atoms with Gasteiger partial charge in [-0.1, -0.05) is 41.5 Å². The van der Waals surface area contributed by atoms with Gasteiger partial charge in [0.15, 0.2) is 0 Å². The molecule has 0 heterocycles. The van der Waals surface area contributed by atoms with Crippen LogP contribution in [0.3, 0.4) is 0 Å². The molecule has 3 N–H and O–H groups in total. The molecule has 0 aromatic carbocycles. The van der Waals surface area contributed by atoms with E-state index in [2.05, 4.69) is 46.9 Å². The van der Waals surface area contributed by atoms with Crippen molar-refractivity contribution in [2.45, 2.75) is 60.4 Å². The smallest absolute Gasteiger partial charge is 0.221 e. The highest BCUT2D eigenvalue weighted by molar-refractivity contribution is 5.76. The fourth-order valence-electron chi connectivity index (χ4n) is 1.04. The van der Waals surface area contributed by atoms with Gasteiger partial charge in [0.2, 0.25) is 5.91 Å². The maximum atomic E-state index is 11.7. The summed E-state index contributed by atoms with van der Waals surface area (Å²) in [5.74, 6) is 0.0592. The summed E-state index contributed by atoms with van der Waals surface area (Å²) in [5, 5.41) is 2.96. The van der Waals surface area contributed by atoms with Crippen LogP contribution in [-0.2, 0) is 4.79 Å². The molecular formula is C13H28N2O. The van der Waals surface area contributed by atoms with Gasteiger partial charge in [-0.15, -0.1) is 0 Å². The van der Waals surface area contributed by atoms with E-state index in [9.17, 15) is 4.79 Å². The Kier molecular flexibility index (Phi) is 5.47. The summed E-state index contributed by atoms with van der Waals surface area (Å²) < 4.78 is 0. The first kappa shape index (κ1) is 15.4. The van der Waals surface area contributed by atoms with Gasteiger partial charge in [0.25, 0.3) is 0 Å². The molecule has 0 bridgehead atoms. The van der Waals surface area contributed by atoms with Crippen molar-refractivity contribution in [2.75, 3.05) is 6.54 Å². The molecule has 0 spiro atoms. The molecule has 1 amide bonds. The van der Waals surface area contributed by atoms with Crippen molar-refractivity contribution in [3.63, 3.8) is 0 Å². The zero-order chi connectivity index (χ0) is 13.0. The van der Waals surface area contributed by atoms with Gasteiger partial charge in [-0.2, -0.15) is 0 Å².